The van der Waals surface area contributed by atoms with Crippen LogP contribution in [-0.4, -0.2) is 48.9 Å². The van der Waals surface area contributed by atoms with Crippen molar-refractivity contribution in [1.82, 2.24) is 9.97 Å². The van der Waals surface area contributed by atoms with E-state index in [4.69, 9.17) is 9.72 Å². The van der Waals surface area contributed by atoms with E-state index in [1.165, 1.54) is 23.4 Å². The normalized spacial score (nSPS) is 23.3. The topological polar surface area (TPSA) is 41.5 Å². The van der Waals surface area contributed by atoms with Gasteiger partial charge in [-0.15, -0.1) is 11.3 Å². The maximum atomic E-state index is 5.49. The highest BCUT2D eigenvalue weighted by Crippen LogP contribution is 2.38. The molecular formula is C22H26N4OS. The molecule has 146 valence electrons. The van der Waals surface area contributed by atoms with Crippen molar-refractivity contribution in [3.05, 3.63) is 46.9 Å². The molecule has 0 spiro atoms. The molecule has 2 aliphatic heterocycles. The number of hydrogen-bond acceptors (Lipinski definition) is 6. The Labute approximate surface area is 170 Å². The molecule has 1 aromatic carbocycles. The molecule has 2 atom stereocenters. The van der Waals surface area contributed by atoms with Gasteiger partial charge in [0.05, 0.1) is 18.7 Å². The van der Waals surface area contributed by atoms with Crippen LogP contribution in [0.3, 0.4) is 0 Å². The van der Waals surface area contributed by atoms with Gasteiger partial charge in [-0.3, -0.25) is 0 Å². The minimum Gasteiger partial charge on any atom is -0.378 e. The molecule has 2 unspecified atom stereocenters. The number of piperidine rings is 1. The largest absolute Gasteiger partial charge is 0.378 e. The van der Waals surface area contributed by atoms with Crippen LogP contribution >= 0.6 is 11.3 Å². The number of ether oxygens (including phenoxy) is 1. The summed E-state index contributed by atoms with van der Waals surface area (Å²) >= 11 is 1.88. The van der Waals surface area contributed by atoms with Gasteiger partial charge in [0, 0.05) is 47.5 Å². The monoisotopic (exact) mass is 394 g/mol. The number of fused-ring (bicyclic) bond motifs is 1. The first-order valence-corrected chi connectivity index (χ1v) is 11.1. The smallest absolute Gasteiger partial charge is 0.140 e. The fourth-order valence-corrected chi connectivity index (χ4v) is 5.56. The SMILES string of the molecule is CC1C(c2cccs2)CCCN1c1ncnc2cc(N3CCOCC3)ccc12. The van der Waals surface area contributed by atoms with Crippen molar-refractivity contribution in [3.8, 4) is 0 Å². The van der Waals surface area contributed by atoms with E-state index in [-0.39, 0.29) is 0 Å². The van der Waals surface area contributed by atoms with Gasteiger partial charge < -0.3 is 14.5 Å². The molecule has 2 fully saturated rings. The Hall–Kier alpha value is -2.18. The van der Waals surface area contributed by atoms with Gasteiger partial charge >= 0.3 is 0 Å². The van der Waals surface area contributed by atoms with E-state index >= 15 is 0 Å². The van der Waals surface area contributed by atoms with Crippen LogP contribution in [0.5, 0.6) is 0 Å². The van der Waals surface area contributed by atoms with Gasteiger partial charge in [-0.2, -0.15) is 0 Å². The lowest BCUT2D eigenvalue weighted by molar-refractivity contribution is 0.122. The summed E-state index contributed by atoms with van der Waals surface area (Å²) < 4.78 is 5.49. The molecule has 3 aromatic rings. The molecule has 6 heteroatoms. The van der Waals surface area contributed by atoms with Gasteiger partial charge in [0.15, 0.2) is 0 Å². The molecule has 4 heterocycles. The molecule has 0 saturated carbocycles. The van der Waals surface area contributed by atoms with E-state index in [0.29, 0.717) is 12.0 Å². The Balaban J connectivity index is 1.48. The first kappa shape index (κ1) is 17.9. The summed E-state index contributed by atoms with van der Waals surface area (Å²) in [5, 5.41) is 3.34. The molecule has 0 bridgehead atoms. The van der Waals surface area contributed by atoms with Crippen LogP contribution in [-0.2, 0) is 4.74 Å². The van der Waals surface area contributed by atoms with Crippen LogP contribution in [0.15, 0.2) is 42.0 Å². The molecule has 5 nitrogen and oxygen atoms in total. The Kier molecular flexibility index (Phi) is 4.91. The summed E-state index contributed by atoms with van der Waals surface area (Å²) in [6.07, 6.45) is 4.18. The number of rotatable bonds is 3. The van der Waals surface area contributed by atoms with Crippen molar-refractivity contribution >= 4 is 33.7 Å². The molecule has 0 amide bonds. The second-order valence-electron chi connectivity index (χ2n) is 7.70. The van der Waals surface area contributed by atoms with Crippen LogP contribution in [0.2, 0.25) is 0 Å². The first-order chi connectivity index (χ1) is 13.8. The molecule has 0 radical (unpaired) electrons. The lowest BCUT2D eigenvalue weighted by Crippen LogP contribution is -2.42. The zero-order valence-electron chi connectivity index (χ0n) is 16.3. The number of anilines is 2. The Bertz CT molecular complexity index is 939. The fraction of sp³-hybridized carbons (Fsp3) is 0.455. The summed E-state index contributed by atoms with van der Waals surface area (Å²) in [6.45, 7) is 6.87. The number of aromatic nitrogens is 2. The molecule has 28 heavy (non-hydrogen) atoms. The highest BCUT2D eigenvalue weighted by atomic mass is 32.1. The number of hydrogen-bond donors (Lipinski definition) is 0. The first-order valence-electron chi connectivity index (χ1n) is 10.2. The van der Waals surface area contributed by atoms with Gasteiger partial charge in [-0.1, -0.05) is 6.07 Å². The van der Waals surface area contributed by atoms with E-state index in [1.807, 2.05) is 11.3 Å². The zero-order valence-corrected chi connectivity index (χ0v) is 17.1. The summed E-state index contributed by atoms with van der Waals surface area (Å²) in [5.41, 5.74) is 2.25. The van der Waals surface area contributed by atoms with E-state index in [0.717, 1.165) is 49.6 Å². The average Bonchev–Trinajstić information content (AvgIpc) is 3.28. The third-order valence-electron chi connectivity index (χ3n) is 6.14. The zero-order chi connectivity index (χ0) is 18.9. The van der Waals surface area contributed by atoms with Gasteiger partial charge in [0.1, 0.15) is 12.1 Å². The summed E-state index contributed by atoms with van der Waals surface area (Å²) in [5.74, 6) is 1.65. The Morgan fingerprint density at radius 1 is 1.11 bits per heavy atom. The molecule has 2 saturated heterocycles. The number of nitrogens with zero attached hydrogens (tertiary/aromatic N) is 4. The van der Waals surface area contributed by atoms with Crippen molar-refractivity contribution in [2.45, 2.75) is 31.7 Å². The Morgan fingerprint density at radius 2 is 2.00 bits per heavy atom. The lowest BCUT2D eigenvalue weighted by Gasteiger charge is -2.40. The number of morpholine rings is 1. The van der Waals surface area contributed by atoms with E-state index in [2.05, 4.69) is 57.4 Å². The number of benzene rings is 1. The predicted molar refractivity (Wildman–Crippen MR) is 116 cm³/mol. The fourth-order valence-electron chi connectivity index (χ4n) is 4.60. The highest BCUT2D eigenvalue weighted by molar-refractivity contribution is 7.10. The van der Waals surface area contributed by atoms with Crippen molar-refractivity contribution in [2.75, 3.05) is 42.6 Å². The third-order valence-corrected chi connectivity index (χ3v) is 7.15. The highest BCUT2D eigenvalue weighted by Gasteiger charge is 2.31. The van der Waals surface area contributed by atoms with Crippen LogP contribution < -0.4 is 9.80 Å². The molecule has 2 aliphatic rings. The average molecular weight is 395 g/mol. The number of thiophene rings is 1. The predicted octanol–water partition coefficient (Wildman–Crippen LogP) is 4.30. The third kappa shape index (κ3) is 3.25. The standard InChI is InChI=1S/C22H26N4OS/c1-16-18(21-5-3-13-28-21)4-2-8-26(16)22-19-7-6-17(14-20(19)23-15-24-22)25-9-11-27-12-10-25/h3,5-7,13-16,18H,2,4,8-12H2,1H3. The van der Waals surface area contributed by atoms with Crippen LogP contribution in [0.4, 0.5) is 11.5 Å². The van der Waals surface area contributed by atoms with Crippen molar-refractivity contribution < 1.29 is 4.74 Å². The van der Waals surface area contributed by atoms with Gasteiger partial charge in [-0.05, 0) is 49.4 Å². The summed E-state index contributed by atoms with van der Waals surface area (Å²) in [7, 11) is 0. The molecule has 0 N–H and O–H groups in total. The second kappa shape index (κ2) is 7.68. The molecule has 0 aliphatic carbocycles. The quantitative estimate of drug-likeness (QED) is 0.662. The van der Waals surface area contributed by atoms with Gasteiger partial charge in [-0.25, -0.2) is 9.97 Å². The maximum Gasteiger partial charge on any atom is 0.140 e. The Morgan fingerprint density at radius 3 is 2.82 bits per heavy atom. The second-order valence-corrected chi connectivity index (χ2v) is 8.68. The summed E-state index contributed by atoms with van der Waals surface area (Å²) in [6, 6.07) is 11.5. The molecular weight excluding hydrogens is 368 g/mol. The lowest BCUT2D eigenvalue weighted by atomic mass is 9.88. The van der Waals surface area contributed by atoms with Crippen molar-refractivity contribution in [2.24, 2.45) is 0 Å². The minimum absolute atomic E-state index is 0.435. The van der Waals surface area contributed by atoms with Crippen LogP contribution in [0.1, 0.15) is 30.6 Å². The van der Waals surface area contributed by atoms with Crippen LogP contribution in [0, 0.1) is 0 Å². The maximum absolute atomic E-state index is 5.49. The van der Waals surface area contributed by atoms with Crippen LogP contribution in [0.25, 0.3) is 10.9 Å². The van der Waals surface area contributed by atoms with E-state index in [9.17, 15) is 0 Å². The van der Waals surface area contributed by atoms with Crippen molar-refractivity contribution in [1.29, 1.82) is 0 Å². The summed E-state index contributed by atoms with van der Waals surface area (Å²) in [4.78, 5) is 15.7. The van der Waals surface area contributed by atoms with E-state index in [1.54, 1.807) is 6.33 Å². The van der Waals surface area contributed by atoms with Crippen molar-refractivity contribution in [3.63, 3.8) is 0 Å². The minimum atomic E-state index is 0.435. The van der Waals surface area contributed by atoms with E-state index < -0.39 is 0 Å². The van der Waals surface area contributed by atoms with Gasteiger partial charge in [0.2, 0.25) is 0 Å². The molecule has 2 aromatic heterocycles. The molecule has 5 rings (SSSR count). The van der Waals surface area contributed by atoms with Gasteiger partial charge in [0.25, 0.3) is 0 Å².